The van der Waals surface area contributed by atoms with Crippen LogP contribution in [-0.2, 0) is 14.9 Å². The third-order valence-corrected chi connectivity index (χ3v) is 11.9. The van der Waals surface area contributed by atoms with Gasteiger partial charge < -0.3 is 20.1 Å². The number of fused-ring (bicyclic) bond motifs is 5. The van der Waals surface area contributed by atoms with Gasteiger partial charge in [-0.15, -0.1) is 0 Å². The van der Waals surface area contributed by atoms with Crippen LogP contribution in [0.4, 0.5) is 0 Å². The second-order valence-corrected chi connectivity index (χ2v) is 14.4. The van der Waals surface area contributed by atoms with E-state index in [0.29, 0.717) is 25.7 Å². The summed E-state index contributed by atoms with van der Waals surface area (Å²) in [7, 11) is -4.39. The second kappa shape index (κ2) is 12.0. The Kier molecular flexibility index (Phi) is 8.15. The van der Waals surface area contributed by atoms with Crippen molar-refractivity contribution in [3.05, 3.63) is 0 Å². The fraction of sp³-hybridized carbons (Fsp3) is 0.964. The van der Waals surface area contributed by atoms with Crippen LogP contribution in [-0.4, -0.2) is 53.6 Å². The van der Waals surface area contributed by atoms with Crippen LogP contribution in [0.2, 0.25) is 0 Å². The Morgan fingerprint density at radius 1 is 1.14 bits per heavy atom. The van der Waals surface area contributed by atoms with E-state index in [1.54, 1.807) is 0 Å². The number of hydrogen-bond donors (Lipinski definition) is 3. The zero-order valence-corrected chi connectivity index (χ0v) is 25.7. The number of aliphatic hydroxyl groups excluding tert-OH is 2. The molecule has 0 aromatic carbocycles. The molecule has 4 aliphatic rings. The average Bonchev–Trinajstić information content (AvgIpc) is 3.19. The topological polar surface area (TPSA) is 127 Å². The van der Waals surface area contributed by atoms with Crippen molar-refractivity contribution in [2.45, 2.75) is 104 Å². The molecule has 0 spiro atoms. The molecule has 3 N–H and O–H groups in total. The van der Waals surface area contributed by atoms with Crippen LogP contribution in [0.15, 0.2) is 0 Å². The summed E-state index contributed by atoms with van der Waals surface area (Å²) in [6.07, 6.45) is 1.61. The third-order valence-electron chi connectivity index (χ3n) is 11.2. The fourth-order valence-electron chi connectivity index (χ4n) is 9.40. The molecule has 7 nitrogen and oxygen atoms in total. The Morgan fingerprint density at radius 2 is 1.81 bits per heavy atom. The zero-order chi connectivity index (χ0) is 30.8. The van der Waals surface area contributed by atoms with E-state index in [9.17, 15) is 28.0 Å². The van der Waals surface area contributed by atoms with Gasteiger partial charge in [-0.2, -0.15) is 0 Å². The number of carbonyl (C=O) groups excluding carboxylic acids is 1. The van der Waals surface area contributed by atoms with E-state index in [0.717, 1.165) is 25.7 Å². The van der Waals surface area contributed by atoms with Crippen molar-refractivity contribution in [3.8, 4) is 0 Å². The van der Waals surface area contributed by atoms with Crippen molar-refractivity contribution in [2.75, 3.05) is 12.3 Å². The van der Waals surface area contributed by atoms with E-state index >= 15 is 0 Å². The molecule has 1 amide bonds. The number of nitrogens with one attached hydrogen (secondary N) is 1. The second-order valence-electron chi connectivity index (χ2n) is 12.8. The van der Waals surface area contributed by atoms with Crippen molar-refractivity contribution in [2.24, 2.45) is 52.3 Å². The molecule has 0 aliphatic heterocycles. The standard InChI is InChI=1S/C28H49NO6S.Na/c1-5-19-23-16-18(30)10-12-28(23,4)22-11-13-27(3)20(7-8-21(27)25(22)26(19)32)17(2)6-9-24(31)29-14-15-36(33,34)35;/h17-23,25-26,30,32H,5-16H2,1-4H3,(H,29,31)(H,33,34,35);/q;+1/p-1/t17-,18?,19-,20-,21+,22+,23+,25+,26-,27-,28-;/m1./s1/i1D3,5D2;. The molecule has 11 atom stereocenters. The van der Waals surface area contributed by atoms with Gasteiger partial charge in [-0.3, -0.25) is 4.79 Å². The molecule has 4 saturated carbocycles. The smallest absolute Gasteiger partial charge is 0.748 e. The summed E-state index contributed by atoms with van der Waals surface area (Å²) in [5.41, 5.74) is -0.517. The van der Waals surface area contributed by atoms with Gasteiger partial charge >= 0.3 is 29.6 Å². The summed E-state index contributed by atoms with van der Waals surface area (Å²) < 4.78 is 74.1. The van der Waals surface area contributed by atoms with Crippen molar-refractivity contribution < 1.29 is 64.4 Å². The number of amides is 1. The molecule has 208 valence electrons. The van der Waals surface area contributed by atoms with Crippen LogP contribution in [0.25, 0.3) is 0 Å². The molecule has 0 aromatic rings. The predicted molar refractivity (Wildman–Crippen MR) is 138 cm³/mol. The molecule has 0 bridgehead atoms. The Labute approximate surface area is 253 Å². The van der Waals surface area contributed by atoms with E-state index in [2.05, 4.69) is 26.1 Å². The first-order chi connectivity index (χ1) is 18.7. The Bertz CT molecular complexity index is 1100. The minimum Gasteiger partial charge on any atom is -0.748 e. The van der Waals surface area contributed by atoms with Crippen LogP contribution in [0, 0.1) is 52.3 Å². The molecule has 37 heavy (non-hydrogen) atoms. The maximum absolute atomic E-state index is 12.3. The van der Waals surface area contributed by atoms with Crippen molar-refractivity contribution in [3.63, 3.8) is 0 Å². The van der Waals surface area contributed by atoms with Gasteiger partial charge in [-0.25, -0.2) is 8.42 Å². The molecule has 1 unspecified atom stereocenters. The SMILES string of the molecule is [2H]C([2H])([2H])C([2H])([2H])[C@H]1[C@@H](O)[C@@H]2[C@H](CC[C@]3(C)[C@@H]([C@H](C)CCC(=O)NCCS(=O)(=O)[O-])CC[C@@H]23)[C@@]2(C)CCC(O)C[C@@H]12.[Na+]. The molecule has 0 aromatic heterocycles. The van der Waals surface area contributed by atoms with Gasteiger partial charge in [0.05, 0.1) is 28.1 Å². The molecule has 4 rings (SSSR count). The van der Waals surface area contributed by atoms with Crippen LogP contribution in [0.1, 0.15) is 98.6 Å². The van der Waals surface area contributed by atoms with E-state index < -0.39 is 53.1 Å². The molecule has 9 heteroatoms. The van der Waals surface area contributed by atoms with Crippen LogP contribution >= 0.6 is 0 Å². The maximum Gasteiger partial charge on any atom is 1.00 e. The molecule has 4 fully saturated rings. The number of hydrogen-bond acceptors (Lipinski definition) is 6. The van der Waals surface area contributed by atoms with Gasteiger partial charge in [0.2, 0.25) is 5.91 Å². The summed E-state index contributed by atoms with van der Waals surface area (Å²) in [5, 5.41) is 25.1. The number of rotatable bonds is 8. The van der Waals surface area contributed by atoms with Gasteiger partial charge in [0.1, 0.15) is 0 Å². The molecule has 0 saturated heterocycles. The molecule has 0 radical (unpaired) electrons. The first kappa shape index (κ1) is 25.0. The molecule has 0 heterocycles. The van der Waals surface area contributed by atoms with Crippen molar-refractivity contribution in [1.82, 2.24) is 5.32 Å². The fourth-order valence-corrected chi connectivity index (χ4v) is 9.76. The first-order valence-corrected chi connectivity index (χ1v) is 15.4. The Balaban J connectivity index is 0.00000484. The third kappa shape index (κ3) is 6.15. The number of aliphatic hydroxyl groups is 2. The van der Waals surface area contributed by atoms with E-state index in [1.165, 1.54) is 0 Å². The van der Waals surface area contributed by atoms with Gasteiger partial charge in [0, 0.05) is 19.8 Å². The normalized spacial score (nSPS) is 46.8. The number of carbonyl (C=O) groups is 1. The minimum atomic E-state index is -4.39. The van der Waals surface area contributed by atoms with Crippen LogP contribution in [0.5, 0.6) is 0 Å². The summed E-state index contributed by atoms with van der Waals surface area (Å²) in [5.74, 6) is -2.03. The summed E-state index contributed by atoms with van der Waals surface area (Å²) in [4.78, 5) is 12.3. The Hall–Kier alpha value is 0.300. The van der Waals surface area contributed by atoms with Gasteiger partial charge in [-0.05, 0) is 104 Å². The van der Waals surface area contributed by atoms with E-state index in [-0.39, 0.29) is 88.8 Å². The predicted octanol–water partition coefficient (Wildman–Crippen LogP) is 0.695. The van der Waals surface area contributed by atoms with Crippen molar-refractivity contribution >= 4 is 16.0 Å². The molecular weight excluding hydrogens is 501 g/mol. The quantitative estimate of drug-likeness (QED) is 0.299. The van der Waals surface area contributed by atoms with Crippen LogP contribution < -0.4 is 34.9 Å². The summed E-state index contributed by atoms with van der Waals surface area (Å²) >= 11 is 0. The summed E-state index contributed by atoms with van der Waals surface area (Å²) in [6.45, 7) is 3.40. The van der Waals surface area contributed by atoms with Gasteiger partial charge in [0.15, 0.2) is 0 Å². The van der Waals surface area contributed by atoms with E-state index in [1.807, 2.05) is 0 Å². The van der Waals surface area contributed by atoms with Gasteiger partial charge in [-0.1, -0.05) is 34.0 Å². The zero-order valence-electron chi connectivity index (χ0n) is 27.9. The average molecular weight is 555 g/mol. The Morgan fingerprint density at radius 3 is 2.49 bits per heavy atom. The van der Waals surface area contributed by atoms with Crippen molar-refractivity contribution in [1.29, 1.82) is 0 Å². The van der Waals surface area contributed by atoms with Crippen LogP contribution in [0.3, 0.4) is 0 Å². The monoisotopic (exact) mass is 554 g/mol. The largest absolute Gasteiger partial charge is 1.00 e. The minimum absolute atomic E-state index is 0. The van der Waals surface area contributed by atoms with E-state index in [4.69, 9.17) is 6.85 Å². The molecule has 4 aliphatic carbocycles. The maximum atomic E-state index is 12.3. The first-order valence-electron chi connectivity index (χ1n) is 16.3. The van der Waals surface area contributed by atoms with Gasteiger partial charge in [0.25, 0.3) is 0 Å². The summed E-state index contributed by atoms with van der Waals surface area (Å²) in [6, 6.07) is 0. The molecular formula is C28H48NNaO6S.